The van der Waals surface area contributed by atoms with Crippen LogP contribution in [0.5, 0.6) is 0 Å². The van der Waals surface area contributed by atoms with Crippen LogP contribution in [0.25, 0.3) is 0 Å². The molecule has 1 aliphatic heterocycles. The van der Waals surface area contributed by atoms with Gasteiger partial charge in [-0.05, 0) is 31.1 Å². The molecule has 1 saturated carbocycles. The summed E-state index contributed by atoms with van der Waals surface area (Å²) in [4.78, 5) is 25.4. The minimum Gasteiger partial charge on any atom is -0.481 e. The Kier molecular flexibility index (Phi) is 5.62. The Labute approximate surface area is 127 Å². The molecule has 5 nitrogen and oxygen atoms in total. The van der Waals surface area contributed by atoms with Crippen LogP contribution in [0.2, 0.25) is 0 Å². The number of carbonyl (C=O) groups is 2. The first kappa shape index (κ1) is 16.3. The zero-order valence-corrected chi connectivity index (χ0v) is 13.2. The van der Waals surface area contributed by atoms with Crippen LogP contribution in [0, 0.1) is 17.8 Å². The van der Waals surface area contributed by atoms with Crippen LogP contribution in [-0.2, 0) is 9.59 Å². The van der Waals surface area contributed by atoms with E-state index in [1.165, 1.54) is 19.3 Å². The fourth-order valence-electron chi connectivity index (χ4n) is 3.76. The molecule has 1 heterocycles. The van der Waals surface area contributed by atoms with E-state index in [0.29, 0.717) is 37.4 Å². The molecule has 120 valence electrons. The molecule has 4 unspecified atom stereocenters. The highest BCUT2D eigenvalue weighted by molar-refractivity contribution is 5.78. The number of aliphatic carboxylic acids is 1. The Bertz CT molecular complexity index is 386. The molecular weight excluding hydrogens is 268 g/mol. The third-order valence-corrected chi connectivity index (χ3v) is 4.91. The third-order valence-electron chi connectivity index (χ3n) is 4.91. The Hall–Kier alpha value is -1.10. The quantitative estimate of drug-likeness (QED) is 0.829. The van der Waals surface area contributed by atoms with E-state index in [1.807, 2.05) is 4.90 Å². The molecule has 0 bridgehead atoms. The number of carboxylic acids is 1. The summed E-state index contributed by atoms with van der Waals surface area (Å²) < 4.78 is 0. The summed E-state index contributed by atoms with van der Waals surface area (Å²) in [5.41, 5.74) is 0. The highest BCUT2D eigenvalue weighted by Gasteiger charge is 2.31. The number of hydrogen-bond acceptors (Lipinski definition) is 3. The number of piperidine rings is 1. The molecular formula is C16H28N2O3. The van der Waals surface area contributed by atoms with Gasteiger partial charge in [0.25, 0.3) is 0 Å². The number of amides is 1. The zero-order chi connectivity index (χ0) is 15.4. The summed E-state index contributed by atoms with van der Waals surface area (Å²) in [6.07, 6.45) is 5.43. The highest BCUT2D eigenvalue weighted by atomic mass is 16.4. The van der Waals surface area contributed by atoms with E-state index in [0.717, 1.165) is 13.0 Å². The Morgan fingerprint density at radius 3 is 2.57 bits per heavy atom. The summed E-state index contributed by atoms with van der Waals surface area (Å²) in [5.74, 6) is -0.147. The second kappa shape index (κ2) is 7.25. The lowest BCUT2D eigenvalue weighted by Crippen LogP contribution is -2.49. The molecule has 5 heteroatoms. The summed E-state index contributed by atoms with van der Waals surface area (Å²) in [7, 11) is 0. The lowest BCUT2D eigenvalue weighted by atomic mass is 9.86. The molecule has 2 fully saturated rings. The average molecular weight is 296 g/mol. The van der Waals surface area contributed by atoms with E-state index >= 15 is 0 Å². The minimum absolute atomic E-state index is 0.0481. The van der Waals surface area contributed by atoms with Crippen molar-refractivity contribution in [3.05, 3.63) is 0 Å². The van der Waals surface area contributed by atoms with Crippen LogP contribution < -0.4 is 5.32 Å². The van der Waals surface area contributed by atoms with Gasteiger partial charge in [-0.3, -0.25) is 14.5 Å². The maximum absolute atomic E-state index is 12.2. The molecule has 2 N–H and O–H groups in total. The first-order chi connectivity index (χ1) is 9.95. The molecule has 21 heavy (non-hydrogen) atoms. The van der Waals surface area contributed by atoms with Crippen LogP contribution >= 0.6 is 0 Å². The van der Waals surface area contributed by atoms with E-state index in [1.54, 1.807) is 0 Å². The number of nitrogens with one attached hydrogen (secondary N) is 1. The standard InChI is InChI=1S/C16H28N2O3/c1-11-7-13(16(20)21)9-18(8-11)10-15(19)17-14-6-4-3-5-12(14)2/h11-14H,3-10H2,1-2H3,(H,17,19)(H,20,21). The van der Waals surface area contributed by atoms with Gasteiger partial charge in [0, 0.05) is 19.1 Å². The fraction of sp³-hybridized carbons (Fsp3) is 0.875. The van der Waals surface area contributed by atoms with Crippen molar-refractivity contribution in [2.24, 2.45) is 17.8 Å². The van der Waals surface area contributed by atoms with Crippen LogP contribution in [0.4, 0.5) is 0 Å². The Morgan fingerprint density at radius 1 is 1.19 bits per heavy atom. The lowest BCUT2D eigenvalue weighted by molar-refractivity contribution is -0.145. The monoisotopic (exact) mass is 296 g/mol. The second-order valence-corrected chi connectivity index (χ2v) is 7.01. The minimum atomic E-state index is -0.743. The molecule has 1 amide bonds. The lowest BCUT2D eigenvalue weighted by Gasteiger charge is -2.35. The number of carboxylic acid groups (broad SMARTS) is 1. The van der Waals surface area contributed by atoms with Crippen molar-refractivity contribution in [2.45, 2.75) is 52.0 Å². The predicted molar refractivity (Wildman–Crippen MR) is 80.9 cm³/mol. The van der Waals surface area contributed by atoms with Gasteiger partial charge < -0.3 is 10.4 Å². The topological polar surface area (TPSA) is 69.6 Å². The predicted octanol–water partition coefficient (Wildman–Crippen LogP) is 1.72. The van der Waals surface area contributed by atoms with Crippen LogP contribution in [0.15, 0.2) is 0 Å². The van der Waals surface area contributed by atoms with Crippen molar-refractivity contribution in [1.82, 2.24) is 10.2 Å². The van der Waals surface area contributed by atoms with Crippen molar-refractivity contribution in [3.63, 3.8) is 0 Å². The number of rotatable bonds is 4. The molecule has 0 aromatic heterocycles. The molecule has 2 rings (SSSR count). The SMILES string of the molecule is CC1CC(C(=O)O)CN(CC(=O)NC2CCCCC2C)C1. The number of likely N-dealkylation sites (tertiary alicyclic amines) is 1. The third kappa shape index (κ3) is 4.70. The number of hydrogen-bond donors (Lipinski definition) is 2. The first-order valence-electron chi connectivity index (χ1n) is 8.20. The maximum atomic E-state index is 12.2. The van der Waals surface area contributed by atoms with Gasteiger partial charge in [-0.2, -0.15) is 0 Å². The largest absolute Gasteiger partial charge is 0.481 e. The molecule has 2 aliphatic rings. The molecule has 1 saturated heterocycles. The molecule has 0 aromatic rings. The molecule has 0 aromatic carbocycles. The van der Waals surface area contributed by atoms with E-state index in [9.17, 15) is 14.7 Å². The second-order valence-electron chi connectivity index (χ2n) is 7.01. The maximum Gasteiger partial charge on any atom is 0.307 e. The average Bonchev–Trinajstić information content (AvgIpc) is 2.40. The molecule has 0 spiro atoms. The molecule has 1 aliphatic carbocycles. The van der Waals surface area contributed by atoms with Gasteiger partial charge in [-0.15, -0.1) is 0 Å². The van der Waals surface area contributed by atoms with Gasteiger partial charge >= 0.3 is 5.97 Å². The molecule has 4 atom stereocenters. The summed E-state index contributed by atoms with van der Waals surface area (Å²) in [5, 5.41) is 12.3. The number of nitrogens with zero attached hydrogens (tertiary/aromatic N) is 1. The van der Waals surface area contributed by atoms with Crippen molar-refractivity contribution in [1.29, 1.82) is 0 Å². The Balaban J connectivity index is 1.82. The van der Waals surface area contributed by atoms with Crippen molar-refractivity contribution >= 4 is 11.9 Å². The van der Waals surface area contributed by atoms with Crippen LogP contribution in [0.1, 0.15) is 46.0 Å². The van der Waals surface area contributed by atoms with Gasteiger partial charge in [0.05, 0.1) is 12.5 Å². The van der Waals surface area contributed by atoms with Gasteiger partial charge in [0.15, 0.2) is 0 Å². The normalized spacial score (nSPS) is 34.4. The highest BCUT2D eigenvalue weighted by Crippen LogP contribution is 2.24. The van der Waals surface area contributed by atoms with E-state index in [2.05, 4.69) is 19.2 Å². The fourth-order valence-corrected chi connectivity index (χ4v) is 3.76. The van der Waals surface area contributed by atoms with Gasteiger partial charge in [-0.25, -0.2) is 0 Å². The van der Waals surface area contributed by atoms with E-state index in [4.69, 9.17) is 0 Å². The Morgan fingerprint density at radius 2 is 1.90 bits per heavy atom. The summed E-state index contributed by atoms with van der Waals surface area (Å²) >= 11 is 0. The summed E-state index contributed by atoms with van der Waals surface area (Å²) in [6.45, 7) is 5.90. The van der Waals surface area contributed by atoms with E-state index in [-0.39, 0.29) is 11.8 Å². The molecule has 0 radical (unpaired) electrons. The van der Waals surface area contributed by atoms with Gasteiger partial charge in [0.1, 0.15) is 0 Å². The van der Waals surface area contributed by atoms with Crippen molar-refractivity contribution < 1.29 is 14.7 Å². The van der Waals surface area contributed by atoms with Crippen molar-refractivity contribution in [3.8, 4) is 0 Å². The summed E-state index contributed by atoms with van der Waals surface area (Å²) in [6, 6.07) is 0.295. The van der Waals surface area contributed by atoms with Crippen LogP contribution in [0.3, 0.4) is 0 Å². The number of carbonyl (C=O) groups excluding carboxylic acids is 1. The van der Waals surface area contributed by atoms with Gasteiger partial charge in [-0.1, -0.05) is 26.7 Å². The van der Waals surface area contributed by atoms with Crippen LogP contribution in [-0.4, -0.2) is 47.6 Å². The smallest absolute Gasteiger partial charge is 0.307 e. The van der Waals surface area contributed by atoms with Gasteiger partial charge in [0.2, 0.25) is 5.91 Å². The first-order valence-corrected chi connectivity index (χ1v) is 8.20. The van der Waals surface area contributed by atoms with E-state index < -0.39 is 5.97 Å². The zero-order valence-electron chi connectivity index (χ0n) is 13.2. The van der Waals surface area contributed by atoms with Crippen molar-refractivity contribution in [2.75, 3.05) is 19.6 Å².